The number of nitrogens with zero attached hydrogens (tertiary/aromatic N) is 2. The van der Waals surface area contributed by atoms with Crippen LogP contribution in [0.4, 0.5) is 17.1 Å². The number of hydrogen-bond acceptors (Lipinski definition) is 1. The monoisotopic (exact) mass is 854 g/mol. The van der Waals surface area contributed by atoms with Crippen LogP contribution in [0.5, 0.6) is 0 Å². The van der Waals surface area contributed by atoms with E-state index < -0.39 is 0 Å². The van der Waals surface area contributed by atoms with E-state index >= 15 is 0 Å². The number of benzene rings is 11. The second-order valence-corrected chi connectivity index (χ2v) is 18.6. The minimum absolute atomic E-state index is 0.113. The molecular formula is C65H46N2. The van der Waals surface area contributed by atoms with Crippen LogP contribution in [0.1, 0.15) is 25.0 Å². The predicted molar refractivity (Wildman–Crippen MR) is 284 cm³/mol. The van der Waals surface area contributed by atoms with Gasteiger partial charge in [0.2, 0.25) is 0 Å². The SMILES string of the molecule is CC1(C)c2ccccc2-c2ccc(N(c3ccc(-c4cccc(-c5ccc6c(c5)c5ccccc5n6-c5cccc6ccccc56)c4)cc3)c3ccc4cc(-c5ccccc5)ccc4c3)cc21. The van der Waals surface area contributed by atoms with E-state index in [1.54, 1.807) is 0 Å². The van der Waals surface area contributed by atoms with E-state index in [1.165, 1.54) is 105 Å². The van der Waals surface area contributed by atoms with Gasteiger partial charge in [0.1, 0.15) is 0 Å². The van der Waals surface area contributed by atoms with Gasteiger partial charge in [0.15, 0.2) is 0 Å². The topological polar surface area (TPSA) is 8.17 Å². The van der Waals surface area contributed by atoms with Crippen LogP contribution in [0.15, 0.2) is 243 Å². The maximum Gasteiger partial charge on any atom is 0.0541 e. The molecule has 0 saturated heterocycles. The zero-order chi connectivity index (χ0) is 44.6. The first-order chi connectivity index (χ1) is 33.0. The van der Waals surface area contributed by atoms with Crippen LogP contribution in [0.2, 0.25) is 0 Å². The normalized spacial score (nSPS) is 12.7. The van der Waals surface area contributed by atoms with Crippen molar-refractivity contribution in [3.63, 3.8) is 0 Å². The molecule has 0 amide bonds. The van der Waals surface area contributed by atoms with Gasteiger partial charge in [-0.3, -0.25) is 0 Å². The maximum atomic E-state index is 2.43. The van der Waals surface area contributed by atoms with Crippen molar-refractivity contribution < 1.29 is 0 Å². The summed E-state index contributed by atoms with van der Waals surface area (Å²) in [5.41, 5.74) is 19.5. The molecular weight excluding hydrogens is 809 g/mol. The zero-order valence-electron chi connectivity index (χ0n) is 37.5. The highest BCUT2D eigenvalue weighted by atomic mass is 15.1. The van der Waals surface area contributed by atoms with Crippen molar-refractivity contribution in [3.8, 4) is 50.2 Å². The van der Waals surface area contributed by atoms with E-state index in [4.69, 9.17) is 0 Å². The number of aromatic nitrogens is 1. The first-order valence-corrected chi connectivity index (χ1v) is 23.3. The van der Waals surface area contributed by atoms with Crippen molar-refractivity contribution in [2.24, 2.45) is 0 Å². The molecule has 0 unspecified atom stereocenters. The molecule has 1 heterocycles. The van der Waals surface area contributed by atoms with E-state index in [9.17, 15) is 0 Å². The van der Waals surface area contributed by atoms with Gasteiger partial charge in [-0.25, -0.2) is 0 Å². The minimum Gasteiger partial charge on any atom is -0.310 e. The van der Waals surface area contributed by atoms with Gasteiger partial charge in [0, 0.05) is 38.6 Å². The molecule has 0 fully saturated rings. The van der Waals surface area contributed by atoms with Gasteiger partial charge in [-0.15, -0.1) is 0 Å². The highest BCUT2D eigenvalue weighted by molar-refractivity contribution is 6.12. The lowest BCUT2D eigenvalue weighted by atomic mass is 9.82. The molecule has 2 heteroatoms. The molecule has 0 spiro atoms. The molecule has 13 rings (SSSR count). The Balaban J connectivity index is 0.881. The second kappa shape index (κ2) is 15.3. The van der Waals surface area contributed by atoms with Crippen molar-refractivity contribution in [1.29, 1.82) is 0 Å². The van der Waals surface area contributed by atoms with Crippen LogP contribution in [0.3, 0.4) is 0 Å². The lowest BCUT2D eigenvalue weighted by Crippen LogP contribution is -2.16. The molecule has 1 aliphatic rings. The predicted octanol–water partition coefficient (Wildman–Crippen LogP) is 17.9. The van der Waals surface area contributed by atoms with Crippen molar-refractivity contribution in [2.45, 2.75) is 19.3 Å². The second-order valence-electron chi connectivity index (χ2n) is 18.6. The third-order valence-corrected chi connectivity index (χ3v) is 14.3. The standard InChI is InChI=1S/C65H46N2/c1-65(2)60-23-10-8-21-56(60)57-36-35-54(42-61(57)65)66(53-34-30-49-39-48(26-27-50(49)40-53)43-14-4-3-5-15-43)52-32-28-44(29-33-52)46-18-12-19-47(38-46)51-31-37-64-59(41-51)58-22-9-11-24-63(58)67(64)62-25-13-17-45-16-6-7-20-55(45)62/h3-42H,1-2H3. The van der Waals surface area contributed by atoms with Crippen molar-refractivity contribution >= 4 is 60.4 Å². The number of anilines is 3. The Morgan fingerprint density at radius 3 is 1.75 bits per heavy atom. The molecule has 11 aromatic carbocycles. The minimum atomic E-state index is -0.113. The Hall–Kier alpha value is -8.46. The Morgan fingerprint density at radius 2 is 0.866 bits per heavy atom. The van der Waals surface area contributed by atoms with E-state index in [2.05, 4.69) is 266 Å². The average Bonchev–Trinajstić information content (AvgIpc) is 3.84. The summed E-state index contributed by atoms with van der Waals surface area (Å²) in [6.07, 6.45) is 0. The molecule has 12 aromatic rings. The van der Waals surface area contributed by atoms with Gasteiger partial charge in [0.05, 0.1) is 16.7 Å². The zero-order valence-corrected chi connectivity index (χ0v) is 37.5. The molecule has 316 valence electrons. The van der Waals surface area contributed by atoms with Crippen LogP contribution in [-0.4, -0.2) is 4.57 Å². The number of fused-ring (bicyclic) bond motifs is 8. The van der Waals surface area contributed by atoms with Crippen LogP contribution < -0.4 is 4.90 Å². The molecule has 0 bridgehead atoms. The summed E-state index contributed by atoms with van der Waals surface area (Å²) in [5.74, 6) is 0. The molecule has 0 N–H and O–H groups in total. The Labute approximate surface area is 391 Å². The Morgan fingerprint density at radius 1 is 0.313 bits per heavy atom. The fourth-order valence-electron chi connectivity index (χ4n) is 11.0. The number of hydrogen-bond donors (Lipinski definition) is 0. The summed E-state index contributed by atoms with van der Waals surface area (Å²) in [7, 11) is 0. The van der Waals surface area contributed by atoms with Gasteiger partial charge in [-0.1, -0.05) is 184 Å². The summed E-state index contributed by atoms with van der Waals surface area (Å²) in [4.78, 5) is 2.42. The summed E-state index contributed by atoms with van der Waals surface area (Å²) in [6.45, 7) is 4.72. The van der Waals surface area contributed by atoms with Crippen molar-refractivity contribution in [2.75, 3.05) is 4.90 Å². The number of rotatable bonds is 7. The van der Waals surface area contributed by atoms with Crippen LogP contribution in [-0.2, 0) is 5.41 Å². The van der Waals surface area contributed by atoms with Gasteiger partial charge >= 0.3 is 0 Å². The van der Waals surface area contributed by atoms with Crippen molar-refractivity contribution in [1.82, 2.24) is 4.57 Å². The smallest absolute Gasteiger partial charge is 0.0541 e. The fourth-order valence-corrected chi connectivity index (χ4v) is 11.0. The van der Waals surface area contributed by atoms with Crippen molar-refractivity contribution in [3.05, 3.63) is 254 Å². The van der Waals surface area contributed by atoms with E-state index in [-0.39, 0.29) is 5.41 Å². The van der Waals surface area contributed by atoms with E-state index in [1.807, 2.05) is 0 Å². The van der Waals surface area contributed by atoms with Crippen LogP contribution >= 0.6 is 0 Å². The molecule has 1 aromatic heterocycles. The third kappa shape index (κ3) is 6.40. The summed E-state index contributed by atoms with van der Waals surface area (Å²) >= 11 is 0. The average molecular weight is 855 g/mol. The summed E-state index contributed by atoms with van der Waals surface area (Å²) < 4.78 is 2.43. The molecule has 0 atom stereocenters. The molecule has 0 aliphatic heterocycles. The third-order valence-electron chi connectivity index (χ3n) is 14.3. The van der Waals surface area contributed by atoms with Crippen LogP contribution in [0.25, 0.3) is 93.5 Å². The van der Waals surface area contributed by atoms with Crippen LogP contribution in [0, 0.1) is 0 Å². The molecule has 1 aliphatic carbocycles. The first-order valence-electron chi connectivity index (χ1n) is 23.3. The summed E-state index contributed by atoms with van der Waals surface area (Å²) in [5, 5.41) is 7.42. The van der Waals surface area contributed by atoms with E-state index in [0.717, 1.165) is 17.1 Å². The quantitative estimate of drug-likeness (QED) is 0.155. The molecule has 2 nitrogen and oxygen atoms in total. The first kappa shape index (κ1) is 39.0. The largest absolute Gasteiger partial charge is 0.310 e. The lowest BCUT2D eigenvalue weighted by molar-refractivity contribution is 0.660. The lowest BCUT2D eigenvalue weighted by Gasteiger charge is -2.28. The van der Waals surface area contributed by atoms with Gasteiger partial charge in [-0.2, -0.15) is 0 Å². The van der Waals surface area contributed by atoms with E-state index in [0.29, 0.717) is 0 Å². The Kier molecular flexibility index (Phi) is 8.91. The molecule has 0 saturated carbocycles. The highest BCUT2D eigenvalue weighted by Crippen LogP contribution is 2.51. The molecule has 0 radical (unpaired) electrons. The summed E-state index contributed by atoms with van der Waals surface area (Å²) in [6, 6.07) is 89.4. The maximum absolute atomic E-state index is 2.43. The molecule has 67 heavy (non-hydrogen) atoms. The number of para-hydroxylation sites is 1. The highest BCUT2D eigenvalue weighted by Gasteiger charge is 2.35. The fraction of sp³-hybridized carbons (Fsp3) is 0.0462. The van der Waals surface area contributed by atoms with Gasteiger partial charge in [-0.05, 0) is 145 Å². The Bertz CT molecular complexity index is 3890. The van der Waals surface area contributed by atoms with Gasteiger partial charge < -0.3 is 9.47 Å². The van der Waals surface area contributed by atoms with Gasteiger partial charge in [0.25, 0.3) is 0 Å².